The van der Waals surface area contributed by atoms with E-state index in [2.05, 4.69) is 0 Å². The van der Waals surface area contributed by atoms with E-state index in [9.17, 15) is 9.50 Å². The monoisotopic (exact) mass is 227 g/mol. The fourth-order valence-corrected chi connectivity index (χ4v) is 2.45. The van der Waals surface area contributed by atoms with E-state index in [0.717, 1.165) is 12.8 Å². The summed E-state index contributed by atoms with van der Waals surface area (Å²) in [5.41, 5.74) is 6.16. The molecule has 0 saturated heterocycles. The smallest absolute Gasteiger partial charge is 0.144 e. The van der Waals surface area contributed by atoms with Crippen LogP contribution in [0.4, 0.5) is 4.39 Å². The van der Waals surface area contributed by atoms with Crippen molar-refractivity contribution < 1.29 is 9.50 Å². The Morgan fingerprint density at radius 1 is 1.53 bits per heavy atom. The summed E-state index contributed by atoms with van der Waals surface area (Å²) in [7, 11) is 0. The molecule has 0 aliphatic heterocycles. The van der Waals surface area contributed by atoms with Crippen molar-refractivity contribution in [3.8, 4) is 5.75 Å². The fourth-order valence-electron chi connectivity index (χ4n) is 1.88. The van der Waals surface area contributed by atoms with E-state index >= 15 is 0 Å². The maximum absolute atomic E-state index is 14.0. The van der Waals surface area contributed by atoms with Gasteiger partial charge in [-0.3, -0.25) is 0 Å². The Balaban J connectivity index is 2.50. The maximum atomic E-state index is 14.0. The largest absolute Gasteiger partial charge is 0.507 e. The van der Waals surface area contributed by atoms with Gasteiger partial charge in [0.2, 0.25) is 0 Å². The first kappa shape index (κ1) is 10.8. The van der Waals surface area contributed by atoms with Crippen LogP contribution in [0.2, 0.25) is 0 Å². The van der Waals surface area contributed by atoms with Crippen molar-refractivity contribution in [1.82, 2.24) is 0 Å². The minimum absolute atomic E-state index is 0.0107. The number of halogens is 1. The third-order valence-electron chi connectivity index (χ3n) is 3.10. The van der Waals surface area contributed by atoms with Gasteiger partial charge in [-0.15, -0.1) is 11.8 Å². The lowest BCUT2D eigenvalue weighted by atomic mass is 9.95. The standard InChI is InChI=1S/C11H14FNOS/c1-15-10-8(14)3-2-7(9(10)12)11(6-13)4-5-11/h2-3,14H,4-6,13H2,1H3. The minimum atomic E-state index is -0.301. The van der Waals surface area contributed by atoms with Crippen molar-refractivity contribution in [3.05, 3.63) is 23.5 Å². The first-order valence-electron chi connectivity index (χ1n) is 4.90. The average Bonchev–Trinajstić information content (AvgIpc) is 2.99. The lowest BCUT2D eigenvalue weighted by Gasteiger charge is -2.16. The molecule has 0 amide bonds. The molecule has 1 aliphatic carbocycles. The van der Waals surface area contributed by atoms with Crippen LogP contribution in [0.3, 0.4) is 0 Å². The molecule has 0 aromatic heterocycles. The number of hydrogen-bond acceptors (Lipinski definition) is 3. The molecule has 0 heterocycles. The molecule has 4 heteroatoms. The van der Waals surface area contributed by atoms with Gasteiger partial charge in [-0.25, -0.2) is 4.39 Å². The lowest BCUT2D eigenvalue weighted by Crippen LogP contribution is -2.21. The van der Waals surface area contributed by atoms with Crippen LogP contribution in [0, 0.1) is 5.82 Å². The van der Waals surface area contributed by atoms with Crippen molar-refractivity contribution in [1.29, 1.82) is 0 Å². The van der Waals surface area contributed by atoms with Gasteiger partial charge >= 0.3 is 0 Å². The van der Waals surface area contributed by atoms with Gasteiger partial charge in [-0.1, -0.05) is 6.07 Å². The molecular formula is C11H14FNOS. The number of nitrogens with two attached hydrogens (primary N) is 1. The van der Waals surface area contributed by atoms with Crippen LogP contribution in [0.1, 0.15) is 18.4 Å². The summed E-state index contributed by atoms with van der Waals surface area (Å²) < 4.78 is 14.0. The SMILES string of the molecule is CSc1c(O)ccc(C2(CN)CC2)c1F. The molecule has 15 heavy (non-hydrogen) atoms. The van der Waals surface area contributed by atoms with E-state index in [1.807, 2.05) is 0 Å². The number of thioether (sulfide) groups is 1. The second-order valence-corrected chi connectivity index (χ2v) is 4.78. The number of benzene rings is 1. The summed E-state index contributed by atoms with van der Waals surface area (Å²) >= 11 is 1.22. The van der Waals surface area contributed by atoms with Crippen LogP contribution in [0.15, 0.2) is 17.0 Å². The summed E-state index contributed by atoms with van der Waals surface area (Å²) in [5, 5.41) is 9.48. The van der Waals surface area contributed by atoms with Gasteiger partial charge in [-0.2, -0.15) is 0 Å². The quantitative estimate of drug-likeness (QED) is 0.778. The highest BCUT2D eigenvalue weighted by molar-refractivity contribution is 7.98. The molecular weight excluding hydrogens is 213 g/mol. The molecule has 3 N–H and O–H groups in total. The maximum Gasteiger partial charge on any atom is 0.144 e. The Morgan fingerprint density at radius 3 is 2.67 bits per heavy atom. The molecule has 1 aromatic rings. The predicted octanol–water partition coefficient (Wildman–Crippen LogP) is 2.24. The number of hydrogen-bond donors (Lipinski definition) is 2. The summed E-state index contributed by atoms with van der Waals surface area (Å²) in [6, 6.07) is 3.21. The minimum Gasteiger partial charge on any atom is -0.507 e. The van der Waals surface area contributed by atoms with Gasteiger partial charge in [0.1, 0.15) is 11.6 Å². The van der Waals surface area contributed by atoms with Crippen LogP contribution < -0.4 is 5.73 Å². The molecule has 1 aliphatic rings. The fraction of sp³-hybridized carbons (Fsp3) is 0.455. The molecule has 1 saturated carbocycles. The van der Waals surface area contributed by atoms with Gasteiger partial charge < -0.3 is 10.8 Å². The summed E-state index contributed by atoms with van der Waals surface area (Å²) in [6.45, 7) is 0.475. The van der Waals surface area contributed by atoms with Crippen molar-refractivity contribution in [2.45, 2.75) is 23.2 Å². The zero-order valence-electron chi connectivity index (χ0n) is 8.59. The topological polar surface area (TPSA) is 46.2 Å². The molecule has 0 atom stereocenters. The second kappa shape index (κ2) is 3.68. The van der Waals surface area contributed by atoms with E-state index in [4.69, 9.17) is 5.73 Å². The van der Waals surface area contributed by atoms with Gasteiger partial charge in [0.15, 0.2) is 0 Å². The van der Waals surface area contributed by atoms with Crippen molar-refractivity contribution >= 4 is 11.8 Å². The van der Waals surface area contributed by atoms with Gasteiger partial charge in [0.05, 0.1) is 4.90 Å². The number of rotatable bonds is 3. The molecule has 1 fully saturated rings. The third-order valence-corrected chi connectivity index (χ3v) is 3.89. The normalized spacial score (nSPS) is 17.8. The second-order valence-electron chi connectivity index (χ2n) is 3.96. The number of aromatic hydroxyl groups is 1. The van der Waals surface area contributed by atoms with Gasteiger partial charge in [-0.05, 0) is 30.7 Å². The molecule has 1 aromatic carbocycles. The van der Waals surface area contributed by atoms with Crippen molar-refractivity contribution in [2.75, 3.05) is 12.8 Å². The van der Waals surface area contributed by atoms with Crippen LogP contribution in [0.25, 0.3) is 0 Å². The zero-order chi connectivity index (χ0) is 11.1. The molecule has 82 valence electrons. The summed E-state index contributed by atoms with van der Waals surface area (Å²) in [5.74, 6) is -0.290. The molecule has 0 bridgehead atoms. The molecule has 0 spiro atoms. The third kappa shape index (κ3) is 1.62. The number of phenolic OH excluding ortho intramolecular Hbond substituents is 1. The van der Waals surface area contributed by atoms with E-state index in [1.54, 1.807) is 18.4 Å². The highest BCUT2D eigenvalue weighted by Crippen LogP contribution is 2.50. The predicted molar refractivity (Wildman–Crippen MR) is 59.8 cm³/mol. The highest BCUT2D eigenvalue weighted by atomic mass is 32.2. The Labute approximate surface area is 92.7 Å². The molecule has 2 nitrogen and oxygen atoms in total. The Hall–Kier alpha value is -0.740. The zero-order valence-corrected chi connectivity index (χ0v) is 9.40. The van der Waals surface area contributed by atoms with Gasteiger partial charge in [0.25, 0.3) is 0 Å². The number of phenols is 1. The average molecular weight is 227 g/mol. The van der Waals surface area contributed by atoms with Crippen molar-refractivity contribution in [2.24, 2.45) is 5.73 Å². The van der Waals surface area contributed by atoms with Crippen LogP contribution in [0.5, 0.6) is 5.75 Å². The first-order chi connectivity index (χ1) is 7.14. The highest BCUT2D eigenvalue weighted by Gasteiger charge is 2.45. The van der Waals surface area contributed by atoms with Crippen molar-refractivity contribution in [3.63, 3.8) is 0 Å². The first-order valence-corrected chi connectivity index (χ1v) is 6.13. The van der Waals surface area contributed by atoms with E-state index in [1.165, 1.54) is 11.8 Å². The van der Waals surface area contributed by atoms with Crippen LogP contribution in [-0.2, 0) is 5.41 Å². The van der Waals surface area contributed by atoms with Crippen LogP contribution >= 0.6 is 11.8 Å². The van der Waals surface area contributed by atoms with Crippen LogP contribution in [-0.4, -0.2) is 17.9 Å². The summed E-state index contributed by atoms with van der Waals surface area (Å²) in [6.07, 6.45) is 3.64. The lowest BCUT2D eigenvalue weighted by molar-refractivity contribution is 0.444. The van der Waals surface area contributed by atoms with E-state index in [0.29, 0.717) is 17.0 Å². The Kier molecular flexibility index (Phi) is 2.64. The molecule has 2 rings (SSSR count). The molecule has 0 unspecified atom stereocenters. The molecule has 0 radical (unpaired) electrons. The van der Waals surface area contributed by atoms with E-state index in [-0.39, 0.29) is 17.0 Å². The Bertz CT molecular complexity index is 390. The van der Waals surface area contributed by atoms with E-state index < -0.39 is 0 Å². The summed E-state index contributed by atoms with van der Waals surface area (Å²) in [4.78, 5) is 0.326. The van der Waals surface area contributed by atoms with Gasteiger partial charge in [0, 0.05) is 12.0 Å². The Morgan fingerprint density at radius 2 is 2.20 bits per heavy atom.